The SMILES string of the molecule is CN1CCC(CN(C)C(CN)c2cncn2C)C1. The minimum Gasteiger partial charge on any atom is -0.336 e. The summed E-state index contributed by atoms with van der Waals surface area (Å²) in [6.07, 6.45) is 5.06. The van der Waals surface area contributed by atoms with E-state index >= 15 is 0 Å². The highest BCUT2D eigenvalue weighted by Crippen LogP contribution is 2.22. The van der Waals surface area contributed by atoms with Crippen molar-refractivity contribution in [2.75, 3.05) is 40.3 Å². The molecule has 1 aliphatic heterocycles. The fraction of sp³-hybridized carbons (Fsp3) is 0.769. The topological polar surface area (TPSA) is 50.3 Å². The van der Waals surface area contributed by atoms with Crippen LogP contribution in [0.25, 0.3) is 0 Å². The quantitative estimate of drug-likeness (QED) is 0.818. The first kappa shape index (κ1) is 13.5. The molecule has 2 unspecified atom stereocenters. The Hall–Kier alpha value is -0.910. The number of nitrogens with two attached hydrogens (primary N) is 1. The van der Waals surface area contributed by atoms with E-state index in [1.807, 2.05) is 19.6 Å². The number of likely N-dealkylation sites (N-methyl/N-ethyl adjacent to an activating group) is 1. The summed E-state index contributed by atoms with van der Waals surface area (Å²) in [6.45, 7) is 4.17. The monoisotopic (exact) mass is 251 g/mol. The van der Waals surface area contributed by atoms with Crippen molar-refractivity contribution in [1.29, 1.82) is 0 Å². The van der Waals surface area contributed by atoms with E-state index < -0.39 is 0 Å². The van der Waals surface area contributed by atoms with E-state index in [0.29, 0.717) is 6.54 Å². The lowest BCUT2D eigenvalue weighted by molar-refractivity contribution is 0.205. The van der Waals surface area contributed by atoms with Gasteiger partial charge in [0.1, 0.15) is 0 Å². The van der Waals surface area contributed by atoms with Crippen molar-refractivity contribution in [3.05, 3.63) is 18.2 Å². The molecule has 1 aromatic rings. The Bertz CT molecular complexity index is 375. The van der Waals surface area contributed by atoms with Crippen LogP contribution in [-0.2, 0) is 7.05 Å². The van der Waals surface area contributed by atoms with Crippen molar-refractivity contribution in [3.8, 4) is 0 Å². The van der Waals surface area contributed by atoms with Crippen LogP contribution in [0.15, 0.2) is 12.5 Å². The van der Waals surface area contributed by atoms with Gasteiger partial charge in [-0.3, -0.25) is 4.90 Å². The molecule has 1 fully saturated rings. The number of aromatic nitrogens is 2. The van der Waals surface area contributed by atoms with Crippen LogP contribution < -0.4 is 5.73 Å². The van der Waals surface area contributed by atoms with Crippen LogP contribution in [0.4, 0.5) is 0 Å². The zero-order chi connectivity index (χ0) is 13.1. The molecule has 5 nitrogen and oxygen atoms in total. The van der Waals surface area contributed by atoms with Gasteiger partial charge in [0.15, 0.2) is 0 Å². The van der Waals surface area contributed by atoms with E-state index in [1.54, 1.807) is 0 Å². The van der Waals surface area contributed by atoms with E-state index in [0.717, 1.165) is 12.5 Å². The van der Waals surface area contributed by atoms with Gasteiger partial charge in [-0.15, -0.1) is 0 Å². The summed E-state index contributed by atoms with van der Waals surface area (Å²) in [5, 5.41) is 0. The normalized spacial score (nSPS) is 22.8. The Morgan fingerprint density at radius 3 is 2.83 bits per heavy atom. The van der Waals surface area contributed by atoms with E-state index in [1.165, 1.54) is 25.2 Å². The molecule has 2 rings (SSSR count). The second-order valence-electron chi connectivity index (χ2n) is 5.54. The zero-order valence-electron chi connectivity index (χ0n) is 11.7. The van der Waals surface area contributed by atoms with E-state index in [-0.39, 0.29) is 6.04 Å². The maximum Gasteiger partial charge on any atom is 0.0946 e. The third-order valence-corrected chi connectivity index (χ3v) is 3.99. The van der Waals surface area contributed by atoms with Gasteiger partial charge in [-0.25, -0.2) is 4.98 Å². The maximum atomic E-state index is 5.94. The summed E-state index contributed by atoms with van der Waals surface area (Å²) in [5.41, 5.74) is 7.14. The molecule has 2 N–H and O–H groups in total. The average Bonchev–Trinajstić information content (AvgIpc) is 2.90. The van der Waals surface area contributed by atoms with Gasteiger partial charge in [0.05, 0.1) is 18.1 Å². The molecule has 0 aromatic carbocycles. The Morgan fingerprint density at radius 2 is 2.33 bits per heavy atom. The Morgan fingerprint density at radius 1 is 1.56 bits per heavy atom. The summed E-state index contributed by atoms with van der Waals surface area (Å²) >= 11 is 0. The van der Waals surface area contributed by atoms with Crippen molar-refractivity contribution in [1.82, 2.24) is 19.4 Å². The molecule has 5 heteroatoms. The second-order valence-corrected chi connectivity index (χ2v) is 5.54. The lowest BCUT2D eigenvalue weighted by Crippen LogP contribution is -2.35. The van der Waals surface area contributed by atoms with Gasteiger partial charge in [-0.2, -0.15) is 0 Å². The summed E-state index contributed by atoms with van der Waals surface area (Å²) in [6, 6.07) is 0.267. The fourth-order valence-electron chi connectivity index (χ4n) is 2.92. The minimum atomic E-state index is 0.267. The smallest absolute Gasteiger partial charge is 0.0946 e. The molecule has 0 radical (unpaired) electrons. The third kappa shape index (κ3) is 2.91. The van der Waals surface area contributed by atoms with Crippen molar-refractivity contribution in [2.45, 2.75) is 12.5 Å². The van der Waals surface area contributed by atoms with Crippen LogP contribution in [0.5, 0.6) is 0 Å². The van der Waals surface area contributed by atoms with Gasteiger partial charge in [0, 0.05) is 32.9 Å². The first-order chi connectivity index (χ1) is 8.61. The summed E-state index contributed by atoms with van der Waals surface area (Å²) in [5.74, 6) is 0.766. The number of aryl methyl sites for hydroxylation is 1. The van der Waals surface area contributed by atoms with Gasteiger partial charge < -0.3 is 15.2 Å². The van der Waals surface area contributed by atoms with Crippen LogP contribution in [-0.4, -0.2) is 59.6 Å². The van der Waals surface area contributed by atoms with Gasteiger partial charge >= 0.3 is 0 Å². The highest BCUT2D eigenvalue weighted by Gasteiger charge is 2.25. The predicted octanol–water partition coefficient (Wildman–Crippen LogP) is 0.303. The number of rotatable bonds is 5. The summed E-state index contributed by atoms with van der Waals surface area (Å²) < 4.78 is 2.06. The predicted molar refractivity (Wildman–Crippen MR) is 73.2 cm³/mol. The van der Waals surface area contributed by atoms with Gasteiger partial charge in [0.25, 0.3) is 0 Å². The van der Waals surface area contributed by atoms with Crippen molar-refractivity contribution >= 4 is 0 Å². The molecule has 2 atom stereocenters. The van der Waals surface area contributed by atoms with Gasteiger partial charge in [-0.1, -0.05) is 0 Å². The minimum absolute atomic E-state index is 0.267. The van der Waals surface area contributed by atoms with E-state index in [2.05, 4.69) is 33.4 Å². The van der Waals surface area contributed by atoms with Crippen molar-refractivity contribution in [2.24, 2.45) is 18.7 Å². The molecule has 1 aliphatic rings. The molecular formula is C13H25N5. The Balaban J connectivity index is 1.98. The molecule has 18 heavy (non-hydrogen) atoms. The molecule has 0 spiro atoms. The fourth-order valence-corrected chi connectivity index (χ4v) is 2.92. The average molecular weight is 251 g/mol. The first-order valence-corrected chi connectivity index (χ1v) is 6.67. The lowest BCUT2D eigenvalue weighted by atomic mass is 10.1. The molecule has 102 valence electrons. The van der Waals surface area contributed by atoms with Crippen LogP contribution >= 0.6 is 0 Å². The molecular weight excluding hydrogens is 226 g/mol. The maximum absolute atomic E-state index is 5.94. The molecule has 1 aromatic heterocycles. The van der Waals surface area contributed by atoms with Crippen LogP contribution in [0.2, 0.25) is 0 Å². The standard InChI is InChI=1S/C13H25N5/c1-16-5-4-11(8-16)9-17(2)12(6-14)13-7-15-10-18(13)3/h7,10-12H,4-6,8-9,14H2,1-3H3. The number of hydrogen-bond donors (Lipinski definition) is 1. The van der Waals surface area contributed by atoms with Crippen molar-refractivity contribution in [3.63, 3.8) is 0 Å². The van der Waals surface area contributed by atoms with Gasteiger partial charge in [-0.05, 0) is 33.0 Å². The van der Waals surface area contributed by atoms with Crippen LogP contribution in [0.1, 0.15) is 18.2 Å². The van der Waals surface area contributed by atoms with Crippen LogP contribution in [0.3, 0.4) is 0 Å². The molecule has 1 saturated heterocycles. The third-order valence-electron chi connectivity index (χ3n) is 3.99. The largest absolute Gasteiger partial charge is 0.336 e. The van der Waals surface area contributed by atoms with E-state index in [9.17, 15) is 0 Å². The number of hydrogen-bond acceptors (Lipinski definition) is 4. The van der Waals surface area contributed by atoms with Crippen LogP contribution in [0, 0.1) is 5.92 Å². The number of nitrogens with zero attached hydrogens (tertiary/aromatic N) is 4. The van der Waals surface area contributed by atoms with Gasteiger partial charge in [0.2, 0.25) is 0 Å². The van der Waals surface area contributed by atoms with Crippen molar-refractivity contribution < 1.29 is 0 Å². The van der Waals surface area contributed by atoms with E-state index in [4.69, 9.17) is 5.73 Å². The second kappa shape index (κ2) is 5.82. The molecule has 2 heterocycles. The molecule has 0 saturated carbocycles. The summed E-state index contributed by atoms with van der Waals surface area (Å²) in [7, 11) is 6.40. The first-order valence-electron chi connectivity index (χ1n) is 6.67. The highest BCUT2D eigenvalue weighted by atomic mass is 15.2. The lowest BCUT2D eigenvalue weighted by Gasteiger charge is -2.29. The number of likely N-dealkylation sites (tertiary alicyclic amines) is 1. The Labute approximate surface area is 110 Å². The highest BCUT2D eigenvalue weighted by molar-refractivity contribution is 5.05. The zero-order valence-corrected chi connectivity index (χ0v) is 11.7. The number of imidazole rings is 1. The molecule has 0 aliphatic carbocycles. The summed E-state index contributed by atoms with van der Waals surface area (Å²) in [4.78, 5) is 8.97. The molecule has 0 amide bonds. The molecule has 0 bridgehead atoms. The Kier molecular flexibility index (Phi) is 4.37.